The Morgan fingerprint density at radius 3 is 2.94 bits per heavy atom. The van der Waals surface area contributed by atoms with Crippen LogP contribution in [-0.4, -0.2) is 43.3 Å². The number of carbonyl (C=O) groups excluding carboxylic acids is 1. The normalized spacial score (nSPS) is 26.7. The summed E-state index contributed by atoms with van der Waals surface area (Å²) in [6, 6.07) is 0. The van der Waals surface area contributed by atoms with Gasteiger partial charge < -0.3 is 19.3 Å². The molecule has 0 bridgehead atoms. The summed E-state index contributed by atoms with van der Waals surface area (Å²) in [5.41, 5.74) is 0. The van der Waals surface area contributed by atoms with Crippen molar-refractivity contribution < 1.29 is 24.1 Å². The van der Waals surface area contributed by atoms with Crippen molar-refractivity contribution >= 4 is 5.97 Å². The van der Waals surface area contributed by atoms with Gasteiger partial charge in [0.25, 0.3) is 0 Å². The second kappa shape index (κ2) is 6.83. The standard InChI is InChI=1S/C11H20O5/c1-3-14-10(13)5-4-8(2)11-15-7-9(6-12)16-11/h8-9,11-12H,3-7H2,1-2H3. The maximum absolute atomic E-state index is 11.1. The van der Waals surface area contributed by atoms with E-state index in [1.165, 1.54) is 0 Å². The van der Waals surface area contributed by atoms with E-state index in [9.17, 15) is 4.79 Å². The van der Waals surface area contributed by atoms with Crippen molar-refractivity contribution in [2.75, 3.05) is 19.8 Å². The van der Waals surface area contributed by atoms with E-state index in [4.69, 9.17) is 19.3 Å². The zero-order valence-corrected chi connectivity index (χ0v) is 9.85. The maximum Gasteiger partial charge on any atom is 0.305 e. The Bertz CT molecular complexity index is 218. The van der Waals surface area contributed by atoms with Gasteiger partial charge in [0, 0.05) is 12.3 Å². The van der Waals surface area contributed by atoms with Crippen molar-refractivity contribution in [1.82, 2.24) is 0 Å². The van der Waals surface area contributed by atoms with E-state index < -0.39 is 0 Å². The Kier molecular flexibility index (Phi) is 5.73. The monoisotopic (exact) mass is 232 g/mol. The molecule has 0 aromatic heterocycles. The molecule has 0 aromatic rings. The number of hydrogen-bond acceptors (Lipinski definition) is 5. The third-order valence-corrected chi connectivity index (χ3v) is 2.55. The fourth-order valence-electron chi connectivity index (χ4n) is 1.58. The lowest BCUT2D eigenvalue weighted by Gasteiger charge is -2.17. The van der Waals surface area contributed by atoms with Crippen LogP contribution >= 0.6 is 0 Å². The highest BCUT2D eigenvalue weighted by Gasteiger charge is 2.29. The molecule has 3 atom stereocenters. The van der Waals surface area contributed by atoms with Gasteiger partial charge in [-0.1, -0.05) is 6.92 Å². The maximum atomic E-state index is 11.1. The molecule has 5 nitrogen and oxygen atoms in total. The van der Waals surface area contributed by atoms with Crippen LogP contribution in [0.5, 0.6) is 0 Å². The third-order valence-electron chi connectivity index (χ3n) is 2.55. The van der Waals surface area contributed by atoms with Crippen LogP contribution in [0.25, 0.3) is 0 Å². The van der Waals surface area contributed by atoms with Crippen LogP contribution in [0, 0.1) is 5.92 Å². The van der Waals surface area contributed by atoms with Crippen LogP contribution in [0.3, 0.4) is 0 Å². The minimum absolute atomic E-state index is 0.0267. The molecule has 16 heavy (non-hydrogen) atoms. The first kappa shape index (κ1) is 13.4. The molecular weight excluding hydrogens is 212 g/mol. The molecule has 1 heterocycles. The summed E-state index contributed by atoms with van der Waals surface area (Å²) < 4.78 is 15.7. The fraction of sp³-hybridized carbons (Fsp3) is 0.909. The molecule has 1 aliphatic heterocycles. The second-order valence-electron chi connectivity index (χ2n) is 3.96. The first-order valence-electron chi connectivity index (χ1n) is 5.71. The highest BCUT2D eigenvalue weighted by Crippen LogP contribution is 2.22. The number of carbonyl (C=O) groups is 1. The number of hydrogen-bond donors (Lipinski definition) is 1. The number of ether oxygens (including phenoxy) is 3. The Morgan fingerprint density at radius 2 is 2.38 bits per heavy atom. The van der Waals surface area contributed by atoms with Crippen LogP contribution in [0.1, 0.15) is 26.7 Å². The van der Waals surface area contributed by atoms with Gasteiger partial charge in [-0.15, -0.1) is 0 Å². The summed E-state index contributed by atoms with van der Waals surface area (Å²) in [4.78, 5) is 11.1. The van der Waals surface area contributed by atoms with E-state index >= 15 is 0 Å². The summed E-state index contributed by atoms with van der Waals surface area (Å²) in [6.45, 7) is 4.56. The highest BCUT2D eigenvalue weighted by atomic mass is 16.7. The molecular formula is C11H20O5. The predicted molar refractivity (Wildman–Crippen MR) is 56.7 cm³/mol. The average Bonchev–Trinajstić information content (AvgIpc) is 2.75. The SMILES string of the molecule is CCOC(=O)CCC(C)C1OCC(CO)O1. The molecule has 1 aliphatic rings. The van der Waals surface area contributed by atoms with Gasteiger partial charge in [0.15, 0.2) is 6.29 Å². The van der Waals surface area contributed by atoms with E-state index in [2.05, 4.69) is 0 Å². The smallest absolute Gasteiger partial charge is 0.305 e. The summed E-state index contributed by atoms with van der Waals surface area (Å²) in [6.07, 6.45) is 0.505. The zero-order chi connectivity index (χ0) is 12.0. The van der Waals surface area contributed by atoms with Crippen LogP contribution < -0.4 is 0 Å². The van der Waals surface area contributed by atoms with Crippen molar-refractivity contribution in [3.8, 4) is 0 Å². The molecule has 0 spiro atoms. The fourth-order valence-corrected chi connectivity index (χ4v) is 1.58. The van der Waals surface area contributed by atoms with E-state index in [0.717, 1.165) is 0 Å². The minimum Gasteiger partial charge on any atom is -0.466 e. The largest absolute Gasteiger partial charge is 0.466 e. The quantitative estimate of drug-likeness (QED) is 0.683. The molecule has 5 heteroatoms. The topological polar surface area (TPSA) is 65.0 Å². The summed E-state index contributed by atoms with van der Waals surface area (Å²) in [5.74, 6) is -0.0630. The first-order chi connectivity index (χ1) is 7.67. The molecule has 0 radical (unpaired) electrons. The van der Waals surface area contributed by atoms with E-state index in [1.807, 2.05) is 6.92 Å². The Hall–Kier alpha value is -0.650. The van der Waals surface area contributed by atoms with Crippen molar-refractivity contribution in [2.45, 2.75) is 39.1 Å². The zero-order valence-electron chi connectivity index (χ0n) is 9.85. The number of rotatable bonds is 6. The Balaban J connectivity index is 2.20. The van der Waals surface area contributed by atoms with Gasteiger partial charge >= 0.3 is 5.97 Å². The lowest BCUT2D eigenvalue weighted by atomic mass is 10.1. The number of esters is 1. The van der Waals surface area contributed by atoms with Gasteiger partial charge in [-0.3, -0.25) is 4.79 Å². The first-order valence-corrected chi connectivity index (χ1v) is 5.71. The van der Waals surface area contributed by atoms with Crippen LogP contribution in [0.15, 0.2) is 0 Å². The van der Waals surface area contributed by atoms with E-state index in [-0.39, 0.29) is 30.9 Å². The molecule has 1 saturated heterocycles. The predicted octanol–water partition coefficient (Wildman–Crippen LogP) is 0.700. The molecule has 0 amide bonds. The number of aliphatic hydroxyl groups is 1. The molecule has 1 N–H and O–H groups in total. The third kappa shape index (κ3) is 4.08. The second-order valence-corrected chi connectivity index (χ2v) is 3.96. The highest BCUT2D eigenvalue weighted by molar-refractivity contribution is 5.69. The molecule has 94 valence electrons. The summed E-state index contributed by atoms with van der Waals surface area (Å²) in [7, 11) is 0. The average molecular weight is 232 g/mol. The minimum atomic E-state index is -0.313. The van der Waals surface area contributed by atoms with E-state index in [0.29, 0.717) is 26.1 Å². The molecule has 0 saturated carbocycles. The lowest BCUT2D eigenvalue weighted by molar-refractivity contribution is -0.144. The summed E-state index contributed by atoms with van der Waals surface area (Å²) in [5, 5.41) is 8.87. The number of aliphatic hydroxyl groups excluding tert-OH is 1. The van der Waals surface area contributed by atoms with Gasteiger partial charge in [0.1, 0.15) is 6.10 Å². The molecule has 0 aliphatic carbocycles. The van der Waals surface area contributed by atoms with Gasteiger partial charge in [-0.05, 0) is 13.3 Å². The molecule has 3 unspecified atom stereocenters. The van der Waals surface area contributed by atoms with Crippen molar-refractivity contribution in [1.29, 1.82) is 0 Å². The van der Waals surface area contributed by atoms with Crippen LogP contribution in [0.2, 0.25) is 0 Å². The lowest BCUT2D eigenvalue weighted by Crippen LogP contribution is -2.22. The van der Waals surface area contributed by atoms with Gasteiger partial charge in [0.05, 0.1) is 19.8 Å². The van der Waals surface area contributed by atoms with Gasteiger partial charge in [-0.2, -0.15) is 0 Å². The van der Waals surface area contributed by atoms with Gasteiger partial charge in [-0.25, -0.2) is 0 Å². The summed E-state index contributed by atoms with van der Waals surface area (Å²) >= 11 is 0. The Labute approximate surface area is 95.7 Å². The van der Waals surface area contributed by atoms with Crippen molar-refractivity contribution in [3.63, 3.8) is 0 Å². The molecule has 1 rings (SSSR count). The molecule has 1 fully saturated rings. The van der Waals surface area contributed by atoms with Gasteiger partial charge in [0.2, 0.25) is 0 Å². The molecule has 0 aromatic carbocycles. The van der Waals surface area contributed by atoms with E-state index in [1.54, 1.807) is 6.92 Å². The van der Waals surface area contributed by atoms with Crippen molar-refractivity contribution in [3.05, 3.63) is 0 Å². The Morgan fingerprint density at radius 1 is 1.62 bits per heavy atom. The van der Waals surface area contributed by atoms with Crippen LogP contribution in [-0.2, 0) is 19.0 Å². The van der Waals surface area contributed by atoms with Crippen LogP contribution in [0.4, 0.5) is 0 Å². The van der Waals surface area contributed by atoms with Crippen molar-refractivity contribution in [2.24, 2.45) is 5.92 Å².